The van der Waals surface area contributed by atoms with Gasteiger partial charge in [-0.15, -0.1) is 23.6 Å². The van der Waals surface area contributed by atoms with E-state index in [1.54, 1.807) is 0 Å². The third-order valence-corrected chi connectivity index (χ3v) is 7.44. The second-order valence-electron chi connectivity index (χ2n) is 12.4. The summed E-state index contributed by atoms with van der Waals surface area (Å²) >= 11 is 0. The van der Waals surface area contributed by atoms with Gasteiger partial charge in [-0.05, 0) is 38.9 Å². The standard InChI is InChI=1S/C36H33N4.Ir/c1-35(2,3)26-17-12-24(13-18-26)32-38-33(25-14-19-27(20-15-25)36(4,5)6)40-34(39-32)30-11-7-10-29-28(30)21-16-23-9-8-22-37-31(23)29;/h7-9,11-22H,1-6H3;/q-1;. The summed E-state index contributed by atoms with van der Waals surface area (Å²) in [5.74, 6) is 1.94. The first-order valence-corrected chi connectivity index (χ1v) is 13.7. The molecule has 0 aliphatic carbocycles. The fourth-order valence-corrected chi connectivity index (χ4v) is 5.00. The summed E-state index contributed by atoms with van der Waals surface area (Å²) in [5, 5.41) is 3.06. The van der Waals surface area contributed by atoms with Crippen LogP contribution in [0.1, 0.15) is 52.7 Å². The Morgan fingerprint density at radius 3 is 1.66 bits per heavy atom. The van der Waals surface area contributed by atoms with Crippen LogP contribution in [0, 0.1) is 6.07 Å². The van der Waals surface area contributed by atoms with Crippen LogP contribution in [0.4, 0.5) is 0 Å². The quantitative estimate of drug-likeness (QED) is 0.136. The Labute approximate surface area is 255 Å². The monoisotopic (exact) mass is 714 g/mol. The molecule has 1 radical (unpaired) electrons. The van der Waals surface area contributed by atoms with Crippen molar-refractivity contribution in [2.45, 2.75) is 52.4 Å². The van der Waals surface area contributed by atoms with E-state index in [1.807, 2.05) is 24.4 Å². The van der Waals surface area contributed by atoms with E-state index in [4.69, 9.17) is 15.0 Å². The van der Waals surface area contributed by atoms with E-state index in [2.05, 4.69) is 119 Å². The second kappa shape index (κ2) is 10.9. The maximum Gasteiger partial charge on any atom is 0.164 e. The second-order valence-corrected chi connectivity index (χ2v) is 12.4. The van der Waals surface area contributed by atoms with E-state index in [-0.39, 0.29) is 30.9 Å². The molecule has 0 aliphatic rings. The zero-order valence-corrected chi connectivity index (χ0v) is 26.7. The molecule has 4 aromatic carbocycles. The van der Waals surface area contributed by atoms with Gasteiger partial charge in [0.2, 0.25) is 0 Å². The molecule has 5 heteroatoms. The number of benzene rings is 4. The van der Waals surface area contributed by atoms with E-state index < -0.39 is 0 Å². The molecule has 0 N–H and O–H groups in total. The number of rotatable bonds is 3. The molecular formula is C36H33IrN4-. The Bertz CT molecular complexity index is 1770. The van der Waals surface area contributed by atoms with Gasteiger partial charge in [0, 0.05) is 37.4 Å². The van der Waals surface area contributed by atoms with Crippen LogP contribution in [0.5, 0.6) is 0 Å². The summed E-state index contributed by atoms with van der Waals surface area (Å²) in [6.45, 7) is 13.3. The molecule has 2 aromatic heterocycles. The summed E-state index contributed by atoms with van der Waals surface area (Å²) in [6, 6.07) is 32.7. The maximum absolute atomic E-state index is 5.02. The number of pyridine rings is 1. The predicted molar refractivity (Wildman–Crippen MR) is 165 cm³/mol. The largest absolute Gasteiger partial charge is 0.304 e. The van der Waals surface area contributed by atoms with Crippen molar-refractivity contribution in [1.82, 2.24) is 19.9 Å². The average molecular weight is 714 g/mol. The van der Waals surface area contributed by atoms with Crippen LogP contribution in [0.15, 0.2) is 91.1 Å². The average Bonchev–Trinajstić information content (AvgIpc) is 2.96. The van der Waals surface area contributed by atoms with Gasteiger partial charge in [-0.2, -0.15) is 0 Å². The number of hydrogen-bond donors (Lipinski definition) is 0. The molecule has 207 valence electrons. The van der Waals surface area contributed by atoms with Gasteiger partial charge in [0.15, 0.2) is 11.6 Å². The van der Waals surface area contributed by atoms with Crippen molar-refractivity contribution in [1.29, 1.82) is 0 Å². The van der Waals surface area contributed by atoms with E-state index in [0.717, 1.165) is 38.4 Å². The Balaban J connectivity index is 0.00000337. The molecule has 0 fully saturated rings. The minimum atomic E-state index is 0. The smallest absolute Gasteiger partial charge is 0.164 e. The number of aromatic nitrogens is 4. The van der Waals surface area contributed by atoms with Crippen LogP contribution in [-0.4, -0.2) is 19.9 Å². The molecule has 0 saturated heterocycles. The van der Waals surface area contributed by atoms with E-state index in [1.165, 1.54) is 11.1 Å². The predicted octanol–water partition coefficient (Wildman–Crippen LogP) is 8.97. The van der Waals surface area contributed by atoms with E-state index in [0.29, 0.717) is 17.5 Å². The molecule has 0 unspecified atom stereocenters. The van der Waals surface area contributed by atoms with Crippen molar-refractivity contribution in [3.05, 3.63) is 108 Å². The van der Waals surface area contributed by atoms with E-state index >= 15 is 0 Å². The van der Waals surface area contributed by atoms with Gasteiger partial charge in [-0.3, -0.25) is 0 Å². The van der Waals surface area contributed by atoms with Crippen molar-refractivity contribution in [3.63, 3.8) is 0 Å². The van der Waals surface area contributed by atoms with Crippen molar-refractivity contribution in [2.75, 3.05) is 0 Å². The van der Waals surface area contributed by atoms with Crippen LogP contribution in [-0.2, 0) is 30.9 Å². The molecule has 0 bridgehead atoms. The topological polar surface area (TPSA) is 51.6 Å². The van der Waals surface area contributed by atoms with Crippen LogP contribution in [0.25, 0.3) is 55.8 Å². The Morgan fingerprint density at radius 1 is 0.585 bits per heavy atom. The first-order chi connectivity index (χ1) is 19.1. The molecule has 41 heavy (non-hydrogen) atoms. The summed E-state index contributed by atoms with van der Waals surface area (Å²) in [6.07, 6.45) is 1.82. The Kier molecular flexibility index (Phi) is 7.63. The van der Waals surface area contributed by atoms with Crippen molar-refractivity contribution < 1.29 is 20.1 Å². The SMILES string of the molecule is CC(C)(C)c1ccc(-c2nc(-c3ccc(C(C)(C)C)cc3)nc(-c3cc[c-]c4c3ccc3cccnc34)n2)cc1.[Ir]. The van der Waals surface area contributed by atoms with Gasteiger partial charge >= 0.3 is 0 Å². The summed E-state index contributed by atoms with van der Waals surface area (Å²) < 4.78 is 0. The van der Waals surface area contributed by atoms with Crippen LogP contribution < -0.4 is 0 Å². The molecule has 0 amide bonds. The van der Waals surface area contributed by atoms with Crippen molar-refractivity contribution in [3.8, 4) is 34.2 Å². The van der Waals surface area contributed by atoms with E-state index in [9.17, 15) is 0 Å². The summed E-state index contributed by atoms with van der Waals surface area (Å²) in [5.41, 5.74) is 6.46. The van der Waals surface area contributed by atoms with Gasteiger partial charge in [0.1, 0.15) is 5.82 Å². The molecular weight excluding hydrogens is 681 g/mol. The normalized spacial score (nSPS) is 12.0. The third-order valence-electron chi connectivity index (χ3n) is 7.44. The Hall–Kier alpha value is -3.79. The number of fused-ring (bicyclic) bond motifs is 3. The van der Waals surface area contributed by atoms with Gasteiger partial charge in [-0.25, -0.2) is 15.0 Å². The summed E-state index contributed by atoms with van der Waals surface area (Å²) in [4.78, 5) is 19.7. The molecule has 0 atom stereocenters. The third kappa shape index (κ3) is 5.70. The first-order valence-electron chi connectivity index (χ1n) is 13.7. The van der Waals surface area contributed by atoms with Gasteiger partial charge in [0.05, 0.1) is 0 Å². The first kappa shape index (κ1) is 28.7. The molecule has 6 aromatic rings. The van der Waals surface area contributed by atoms with Gasteiger partial charge in [-0.1, -0.05) is 119 Å². The van der Waals surface area contributed by atoms with Crippen LogP contribution >= 0.6 is 0 Å². The van der Waals surface area contributed by atoms with Gasteiger partial charge in [0.25, 0.3) is 0 Å². The van der Waals surface area contributed by atoms with Crippen LogP contribution in [0.3, 0.4) is 0 Å². The van der Waals surface area contributed by atoms with Crippen molar-refractivity contribution >= 4 is 21.7 Å². The van der Waals surface area contributed by atoms with Crippen molar-refractivity contribution in [2.24, 2.45) is 0 Å². The molecule has 6 rings (SSSR count). The number of hydrogen-bond acceptors (Lipinski definition) is 4. The Morgan fingerprint density at radius 2 is 1.12 bits per heavy atom. The molecule has 0 spiro atoms. The number of nitrogens with zero attached hydrogens (tertiary/aromatic N) is 4. The fourth-order valence-electron chi connectivity index (χ4n) is 5.00. The zero-order chi connectivity index (χ0) is 28.1. The maximum atomic E-state index is 5.02. The molecule has 0 aliphatic heterocycles. The molecule has 2 heterocycles. The van der Waals surface area contributed by atoms with Gasteiger partial charge < -0.3 is 4.98 Å². The fraction of sp³-hybridized carbons (Fsp3) is 0.222. The molecule has 4 nitrogen and oxygen atoms in total. The zero-order valence-electron chi connectivity index (χ0n) is 24.3. The molecule has 0 saturated carbocycles. The minimum absolute atomic E-state index is 0. The van der Waals surface area contributed by atoms with Crippen LogP contribution in [0.2, 0.25) is 0 Å². The summed E-state index contributed by atoms with van der Waals surface area (Å²) in [7, 11) is 0. The minimum Gasteiger partial charge on any atom is -0.304 e.